The lowest BCUT2D eigenvalue weighted by atomic mass is 10.1. The number of hydrogen-bond acceptors (Lipinski definition) is 5. The number of aliphatic imine (C=N–C) groups is 1. The van der Waals surface area contributed by atoms with Crippen molar-refractivity contribution >= 4 is 40.0 Å². The van der Waals surface area contributed by atoms with Crippen molar-refractivity contribution in [2.24, 2.45) is 4.99 Å². The van der Waals surface area contributed by atoms with Crippen molar-refractivity contribution in [2.75, 3.05) is 13.6 Å². The second-order valence-electron chi connectivity index (χ2n) is 6.84. The molecule has 0 amide bonds. The minimum atomic E-state index is -3.28. The van der Waals surface area contributed by atoms with Gasteiger partial charge in [-0.1, -0.05) is 42.5 Å². The summed E-state index contributed by atoms with van der Waals surface area (Å²) >= 11 is 0. The van der Waals surface area contributed by atoms with Crippen LogP contribution in [0.25, 0.3) is 11.5 Å². The molecule has 0 saturated carbocycles. The van der Waals surface area contributed by atoms with Gasteiger partial charge in [0.15, 0.2) is 5.96 Å². The largest absolute Gasteiger partial charge is 0.444 e. The number of guanidine groups is 1. The van der Waals surface area contributed by atoms with E-state index in [0.29, 0.717) is 24.9 Å². The number of aromatic nitrogens is 1. The van der Waals surface area contributed by atoms with Crippen molar-refractivity contribution in [2.45, 2.75) is 25.8 Å². The molecule has 0 unspecified atom stereocenters. The van der Waals surface area contributed by atoms with Crippen molar-refractivity contribution in [3.8, 4) is 11.5 Å². The van der Waals surface area contributed by atoms with Crippen molar-refractivity contribution in [1.82, 2.24) is 20.3 Å². The van der Waals surface area contributed by atoms with Crippen LogP contribution in [0.4, 0.5) is 0 Å². The van der Waals surface area contributed by atoms with Gasteiger partial charge in [-0.25, -0.2) is 23.1 Å². The monoisotopic (exact) mass is 569 g/mol. The van der Waals surface area contributed by atoms with Crippen LogP contribution in [0, 0.1) is 0 Å². The van der Waals surface area contributed by atoms with Gasteiger partial charge in [0.2, 0.25) is 15.9 Å². The van der Waals surface area contributed by atoms with Crippen LogP contribution in [0.15, 0.2) is 70.3 Å². The van der Waals surface area contributed by atoms with E-state index >= 15 is 0 Å². The minimum absolute atomic E-state index is 0. The maximum Gasteiger partial charge on any atom is 0.226 e. The van der Waals surface area contributed by atoms with E-state index in [4.69, 9.17) is 4.42 Å². The number of sulfonamides is 1. The average molecular weight is 569 g/mol. The molecule has 0 spiro atoms. The van der Waals surface area contributed by atoms with Gasteiger partial charge in [-0.3, -0.25) is 0 Å². The van der Waals surface area contributed by atoms with E-state index in [9.17, 15) is 8.42 Å². The Morgan fingerprint density at radius 2 is 1.72 bits per heavy atom. The molecule has 2 aromatic carbocycles. The van der Waals surface area contributed by atoms with Gasteiger partial charge in [0.1, 0.15) is 6.26 Å². The van der Waals surface area contributed by atoms with Gasteiger partial charge in [-0.05, 0) is 37.2 Å². The van der Waals surface area contributed by atoms with E-state index in [1.807, 2.05) is 49.4 Å². The Bertz CT molecular complexity index is 1100. The van der Waals surface area contributed by atoms with Gasteiger partial charge in [0.25, 0.3) is 0 Å². The van der Waals surface area contributed by atoms with Crippen LogP contribution in [0.3, 0.4) is 0 Å². The number of benzene rings is 2. The highest BCUT2D eigenvalue weighted by Crippen LogP contribution is 2.17. The number of nitrogens with zero attached hydrogens (tertiary/aromatic N) is 2. The Morgan fingerprint density at radius 3 is 2.38 bits per heavy atom. The van der Waals surface area contributed by atoms with Crippen molar-refractivity contribution in [3.63, 3.8) is 0 Å². The third-order valence-electron chi connectivity index (χ3n) is 4.46. The predicted octanol–water partition coefficient (Wildman–Crippen LogP) is 3.26. The fourth-order valence-electron chi connectivity index (χ4n) is 2.82. The smallest absolute Gasteiger partial charge is 0.226 e. The number of rotatable bonds is 9. The van der Waals surface area contributed by atoms with Gasteiger partial charge in [-0.15, -0.1) is 24.0 Å². The molecule has 32 heavy (non-hydrogen) atoms. The Balaban J connectivity index is 0.00000363. The number of halogens is 1. The standard InChI is InChI=1S/C22H27N5O3S.HI/c1-3-24-22(25-13-17-9-11-18(12-10-17)16-31(28,29)23-2)26-14-20-15-30-21(27-20)19-7-5-4-6-8-19;/h4-12,15,23H,3,13-14,16H2,1-2H3,(H2,24,25,26);1H. The van der Waals surface area contributed by atoms with E-state index in [2.05, 4.69) is 25.3 Å². The number of hydrogen-bond donors (Lipinski definition) is 3. The van der Waals surface area contributed by atoms with Gasteiger partial charge < -0.3 is 15.1 Å². The van der Waals surface area contributed by atoms with Crippen LogP contribution < -0.4 is 15.4 Å². The molecule has 0 aliphatic rings. The number of nitrogens with one attached hydrogen (secondary N) is 3. The van der Waals surface area contributed by atoms with Crippen LogP contribution in [0.2, 0.25) is 0 Å². The molecule has 0 fully saturated rings. The Kier molecular flexibility index (Phi) is 10.1. The molecule has 3 N–H and O–H groups in total. The van der Waals surface area contributed by atoms with Crippen LogP contribution in [0.1, 0.15) is 23.7 Å². The Hall–Kier alpha value is -2.44. The van der Waals surface area contributed by atoms with Gasteiger partial charge >= 0.3 is 0 Å². The molecular weight excluding hydrogens is 541 g/mol. The summed E-state index contributed by atoms with van der Waals surface area (Å²) < 4.78 is 31.2. The van der Waals surface area contributed by atoms with Gasteiger partial charge in [-0.2, -0.15) is 0 Å². The molecule has 10 heteroatoms. The first-order valence-corrected chi connectivity index (χ1v) is 11.7. The highest BCUT2D eigenvalue weighted by molar-refractivity contribution is 14.0. The molecule has 8 nitrogen and oxygen atoms in total. The lowest BCUT2D eigenvalue weighted by Crippen LogP contribution is -2.36. The first-order valence-electron chi connectivity index (χ1n) is 10.00. The summed E-state index contributed by atoms with van der Waals surface area (Å²) in [5.41, 5.74) is 3.42. The van der Waals surface area contributed by atoms with Crippen LogP contribution in [-0.2, 0) is 28.9 Å². The molecule has 0 bridgehead atoms. The van der Waals surface area contributed by atoms with Crippen molar-refractivity contribution < 1.29 is 12.8 Å². The van der Waals surface area contributed by atoms with E-state index < -0.39 is 10.0 Å². The number of oxazole rings is 1. The first-order chi connectivity index (χ1) is 15.0. The molecular formula is C22H28IN5O3S. The molecule has 1 heterocycles. The SMILES string of the molecule is CCNC(=NCc1ccc(CS(=O)(=O)NC)cc1)NCc1coc(-c2ccccc2)n1.I. The summed E-state index contributed by atoms with van der Waals surface area (Å²) in [5.74, 6) is 1.20. The summed E-state index contributed by atoms with van der Waals surface area (Å²) in [6.07, 6.45) is 1.64. The summed E-state index contributed by atoms with van der Waals surface area (Å²) in [7, 11) is -1.87. The summed E-state index contributed by atoms with van der Waals surface area (Å²) in [6.45, 7) is 3.66. The second-order valence-corrected chi connectivity index (χ2v) is 8.76. The van der Waals surface area contributed by atoms with Gasteiger partial charge in [0.05, 0.1) is 24.5 Å². The average Bonchev–Trinajstić information content (AvgIpc) is 3.26. The fraction of sp³-hybridized carbons (Fsp3) is 0.273. The van der Waals surface area contributed by atoms with E-state index in [-0.39, 0.29) is 29.7 Å². The molecule has 3 aromatic rings. The molecule has 0 radical (unpaired) electrons. The highest BCUT2D eigenvalue weighted by Gasteiger charge is 2.09. The maximum absolute atomic E-state index is 11.7. The highest BCUT2D eigenvalue weighted by atomic mass is 127. The van der Waals surface area contributed by atoms with E-state index in [0.717, 1.165) is 28.9 Å². The first kappa shape index (κ1) is 25.8. The molecule has 0 aliphatic carbocycles. The molecule has 0 saturated heterocycles. The lowest BCUT2D eigenvalue weighted by molar-refractivity contribution is 0.572. The normalized spacial score (nSPS) is 11.6. The zero-order valence-electron chi connectivity index (χ0n) is 18.0. The molecule has 0 atom stereocenters. The van der Waals surface area contributed by atoms with E-state index in [1.54, 1.807) is 18.4 Å². The fourth-order valence-corrected chi connectivity index (χ4v) is 3.60. The lowest BCUT2D eigenvalue weighted by Gasteiger charge is -2.10. The third kappa shape index (κ3) is 7.92. The van der Waals surface area contributed by atoms with Crippen LogP contribution >= 0.6 is 24.0 Å². The van der Waals surface area contributed by atoms with Gasteiger partial charge in [0, 0.05) is 12.1 Å². The zero-order valence-corrected chi connectivity index (χ0v) is 21.2. The predicted molar refractivity (Wildman–Crippen MR) is 137 cm³/mol. The summed E-state index contributed by atoms with van der Waals surface area (Å²) in [6, 6.07) is 17.1. The van der Waals surface area contributed by atoms with Crippen LogP contribution in [0.5, 0.6) is 0 Å². The zero-order chi connectivity index (χ0) is 22.1. The Morgan fingerprint density at radius 1 is 1.03 bits per heavy atom. The van der Waals surface area contributed by atoms with E-state index in [1.165, 1.54) is 7.05 Å². The summed E-state index contributed by atoms with van der Waals surface area (Å²) in [5, 5.41) is 6.46. The molecule has 0 aliphatic heterocycles. The van der Waals surface area contributed by atoms with Crippen LogP contribution in [-0.4, -0.2) is 33.0 Å². The topological polar surface area (TPSA) is 109 Å². The molecule has 1 aromatic heterocycles. The minimum Gasteiger partial charge on any atom is -0.444 e. The Labute approximate surface area is 206 Å². The van der Waals surface area contributed by atoms with Crippen molar-refractivity contribution in [1.29, 1.82) is 0 Å². The molecule has 172 valence electrons. The maximum atomic E-state index is 11.7. The second kappa shape index (κ2) is 12.6. The van der Waals surface area contributed by atoms with Crippen molar-refractivity contribution in [3.05, 3.63) is 77.7 Å². The quantitative estimate of drug-likeness (QED) is 0.208. The molecule has 3 rings (SSSR count). The third-order valence-corrected chi connectivity index (χ3v) is 5.80. The summed E-state index contributed by atoms with van der Waals surface area (Å²) in [4.78, 5) is 9.10.